The monoisotopic (exact) mass is 267 g/mol. The molecule has 1 aromatic rings. The lowest BCUT2D eigenvalue weighted by atomic mass is 9.87. The van der Waals surface area contributed by atoms with Crippen LogP contribution >= 0.6 is 11.6 Å². The maximum Gasteiger partial charge on any atom is 0.0834 e. The first-order valence-corrected chi connectivity index (χ1v) is 7.05. The number of hydrogen-bond acceptors (Lipinski definition) is 2. The van der Waals surface area contributed by atoms with Gasteiger partial charge in [0.15, 0.2) is 0 Å². The van der Waals surface area contributed by atoms with E-state index >= 15 is 0 Å². The first-order valence-electron chi connectivity index (χ1n) is 6.67. The van der Waals surface area contributed by atoms with Gasteiger partial charge in [0.25, 0.3) is 0 Å². The van der Waals surface area contributed by atoms with Crippen LogP contribution in [-0.4, -0.2) is 25.8 Å². The lowest BCUT2D eigenvalue weighted by molar-refractivity contribution is -0.0336. The van der Waals surface area contributed by atoms with Gasteiger partial charge in [-0.25, -0.2) is 0 Å². The molecule has 0 heterocycles. The Hall–Kier alpha value is -0.570. The smallest absolute Gasteiger partial charge is 0.0834 e. The molecule has 1 unspecified atom stereocenters. The number of rotatable bonds is 5. The molecule has 0 radical (unpaired) electrons. The molecule has 2 rings (SSSR count). The van der Waals surface area contributed by atoms with Crippen LogP contribution in [0, 0.1) is 0 Å². The molecule has 1 aromatic carbocycles. The zero-order chi connectivity index (χ0) is 13.0. The fraction of sp³-hybridized carbons (Fsp3) is 0.600. The summed E-state index contributed by atoms with van der Waals surface area (Å²) in [6.45, 7) is 0. The number of halogens is 1. The zero-order valence-electron chi connectivity index (χ0n) is 11.2. The van der Waals surface area contributed by atoms with Gasteiger partial charge in [0.2, 0.25) is 0 Å². The third kappa shape index (κ3) is 2.71. The first kappa shape index (κ1) is 13.9. The van der Waals surface area contributed by atoms with Gasteiger partial charge < -0.3 is 10.1 Å². The van der Waals surface area contributed by atoms with Crippen LogP contribution < -0.4 is 5.32 Å². The van der Waals surface area contributed by atoms with Crippen molar-refractivity contribution in [1.29, 1.82) is 0 Å². The Morgan fingerprint density at radius 3 is 2.56 bits per heavy atom. The lowest BCUT2D eigenvalue weighted by Crippen LogP contribution is -2.50. The maximum atomic E-state index is 6.25. The second kappa shape index (κ2) is 6.05. The molecule has 1 saturated carbocycles. The quantitative estimate of drug-likeness (QED) is 0.883. The second-order valence-corrected chi connectivity index (χ2v) is 5.52. The zero-order valence-corrected chi connectivity index (χ0v) is 12.0. The van der Waals surface area contributed by atoms with Crippen molar-refractivity contribution in [1.82, 2.24) is 5.32 Å². The molecule has 0 saturated heterocycles. The van der Waals surface area contributed by atoms with Crippen LogP contribution in [0.15, 0.2) is 24.3 Å². The lowest BCUT2D eigenvalue weighted by Gasteiger charge is -2.36. The van der Waals surface area contributed by atoms with Crippen molar-refractivity contribution < 1.29 is 4.74 Å². The van der Waals surface area contributed by atoms with E-state index in [-0.39, 0.29) is 5.60 Å². The highest BCUT2D eigenvalue weighted by molar-refractivity contribution is 6.31. The van der Waals surface area contributed by atoms with Crippen LogP contribution in [0.3, 0.4) is 0 Å². The Labute approximate surface area is 115 Å². The Bertz CT molecular complexity index is 388. The predicted octanol–water partition coefficient (Wildman–Crippen LogP) is 3.43. The molecule has 100 valence electrons. The molecule has 1 aliphatic carbocycles. The average Bonchev–Trinajstić information content (AvgIpc) is 2.88. The van der Waals surface area contributed by atoms with Crippen LogP contribution in [0.5, 0.6) is 0 Å². The summed E-state index contributed by atoms with van der Waals surface area (Å²) in [7, 11) is 3.85. The minimum absolute atomic E-state index is 0.0199. The predicted molar refractivity (Wildman–Crippen MR) is 76.2 cm³/mol. The largest absolute Gasteiger partial charge is 0.377 e. The van der Waals surface area contributed by atoms with E-state index in [1.165, 1.54) is 18.4 Å². The van der Waals surface area contributed by atoms with Crippen molar-refractivity contribution in [2.45, 2.75) is 43.7 Å². The topological polar surface area (TPSA) is 21.3 Å². The van der Waals surface area contributed by atoms with Gasteiger partial charge in [-0.3, -0.25) is 0 Å². The average molecular weight is 268 g/mol. The Balaban J connectivity index is 2.16. The third-order valence-electron chi connectivity index (χ3n) is 4.22. The molecule has 0 aliphatic heterocycles. The van der Waals surface area contributed by atoms with E-state index < -0.39 is 0 Å². The van der Waals surface area contributed by atoms with E-state index in [2.05, 4.69) is 11.4 Å². The van der Waals surface area contributed by atoms with E-state index in [9.17, 15) is 0 Å². The molecule has 2 nitrogen and oxygen atoms in total. The molecule has 0 spiro atoms. The van der Waals surface area contributed by atoms with Crippen molar-refractivity contribution in [2.75, 3.05) is 14.2 Å². The number of ether oxygens (including phenoxy) is 1. The van der Waals surface area contributed by atoms with Crippen molar-refractivity contribution in [3.63, 3.8) is 0 Å². The van der Waals surface area contributed by atoms with Crippen LogP contribution in [0.2, 0.25) is 5.02 Å². The maximum absolute atomic E-state index is 6.25. The van der Waals surface area contributed by atoms with Gasteiger partial charge in [0, 0.05) is 18.2 Å². The minimum atomic E-state index is -0.0199. The van der Waals surface area contributed by atoms with Gasteiger partial charge in [-0.05, 0) is 37.9 Å². The summed E-state index contributed by atoms with van der Waals surface area (Å²) >= 11 is 6.25. The van der Waals surface area contributed by atoms with E-state index in [0.717, 1.165) is 24.3 Å². The van der Waals surface area contributed by atoms with Crippen molar-refractivity contribution in [2.24, 2.45) is 0 Å². The number of methoxy groups -OCH3 is 1. The Kier molecular flexibility index (Phi) is 4.66. The van der Waals surface area contributed by atoms with Crippen LogP contribution in [0.25, 0.3) is 0 Å². The molecule has 0 amide bonds. The van der Waals surface area contributed by atoms with Crippen LogP contribution in [0.1, 0.15) is 31.2 Å². The van der Waals surface area contributed by atoms with Crippen molar-refractivity contribution in [3.05, 3.63) is 34.9 Å². The fourth-order valence-corrected chi connectivity index (χ4v) is 3.32. The summed E-state index contributed by atoms with van der Waals surface area (Å²) in [5, 5.41) is 4.28. The van der Waals surface area contributed by atoms with Gasteiger partial charge in [0.05, 0.1) is 5.60 Å². The second-order valence-electron chi connectivity index (χ2n) is 5.11. The van der Waals surface area contributed by atoms with E-state index in [1.807, 2.05) is 32.4 Å². The summed E-state index contributed by atoms with van der Waals surface area (Å²) in [5.41, 5.74) is 1.18. The standard InChI is InChI=1S/C15H22ClNO/c1-17-14(15(18-2)9-5-6-10-15)11-12-7-3-4-8-13(12)16/h3-4,7-8,14,17H,5-6,9-11H2,1-2H3. The minimum Gasteiger partial charge on any atom is -0.377 e. The number of benzene rings is 1. The third-order valence-corrected chi connectivity index (χ3v) is 4.59. The molecule has 1 fully saturated rings. The molecule has 3 heteroatoms. The van der Waals surface area contributed by atoms with Gasteiger partial charge in [0.1, 0.15) is 0 Å². The Morgan fingerprint density at radius 1 is 1.33 bits per heavy atom. The molecule has 1 atom stereocenters. The van der Waals surface area contributed by atoms with Gasteiger partial charge in [-0.15, -0.1) is 0 Å². The number of nitrogens with one attached hydrogen (secondary N) is 1. The highest BCUT2D eigenvalue weighted by Crippen LogP contribution is 2.37. The SMILES string of the molecule is CNC(Cc1ccccc1Cl)C1(OC)CCCC1. The van der Waals surface area contributed by atoms with E-state index in [1.54, 1.807) is 0 Å². The first-order chi connectivity index (χ1) is 8.72. The summed E-state index contributed by atoms with van der Waals surface area (Å²) in [6.07, 6.45) is 5.71. The van der Waals surface area contributed by atoms with Gasteiger partial charge in [-0.2, -0.15) is 0 Å². The molecule has 0 bridgehead atoms. The highest BCUT2D eigenvalue weighted by atomic mass is 35.5. The normalized spacial score (nSPS) is 19.9. The van der Waals surface area contributed by atoms with Gasteiger partial charge in [-0.1, -0.05) is 42.6 Å². The molecular formula is C15H22ClNO. The Morgan fingerprint density at radius 2 is 2.00 bits per heavy atom. The highest BCUT2D eigenvalue weighted by Gasteiger charge is 2.40. The van der Waals surface area contributed by atoms with Gasteiger partial charge >= 0.3 is 0 Å². The molecule has 0 aromatic heterocycles. The van der Waals surface area contributed by atoms with Crippen LogP contribution in [0.4, 0.5) is 0 Å². The molecule has 1 N–H and O–H groups in total. The summed E-state index contributed by atoms with van der Waals surface area (Å²) in [5.74, 6) is 0. The molecule has 18 heavy (non-hydrogen) atoms. The summed E-state index contributed by atoms with van der Waals surface area (Å²) in [4.78, 5) is 0. The van der Waals surface area contributed by atoms with E-state index in [0.29, 0.717) is 6.04 Å². The number of hydrogen-bond donors (Lipinski definition) is 1. The van der Waals surface area contributed by atoms with Crippen molar-refractivity contribution >= 4 is 11.6 Å². The van der Waals surface area contributed by atoms with Crippen LogP contribution in [-0.2, 0) is 11.2 Å². The molecule has 1 aliphatic rings. The summed E-state index contributed by atoms with van der Waals surface area (Å²) in [6, 6.07) is 8.40. The number of likely N-dealkylation sites (N-methyl/N-ethyl adjacent to an activating group) is 1. The van der Waals surface area contributed by atoms with Crippen molar-refractivity contribution in [3.8, 4) is 0 Å². The van der Waals surface area contributed by atoms with E-state index in [4.69, 9.17) is 16.3 Å². The fourth-order valence-electron chi connectivity index (χ4n) is 3.10. The summed E-state index contributed by atoms with van der Waals surface area (Å²) < 4.78 is 5.86. The molecular weight excluding hydrogens is 246 g/mol.